The molecule has 6 nitrogen and oxygen atoms in total. The van der Waals surface area contributed by atoms with Gasteiger partial charge >= 0.3 is 5.63 Å². The summed E-state index contributed by atoms with van der Waals surface area (Å²) in [5.41, 5.74) is 1.92. The summed E-state index contributed by atoms with van der Waals surface area (Å²) >= 11 is 0. The zero-order valence-corrected chi connectivity index (χ0v) is 14.1. The molecular formula is C17H26N2O4. The molecule has 23 heavy (non-hydrogen) atoms. The first-order chi connectivity index (χ1) is 11.0. The third-order valence-corrected chi connectivity index (χ3v) is 3.52. The number of aryl methyl sites for hydroxylation is 1. The van der Waals surface area contributed by atoms with Gasteiger partial charge in [-0.3, -0.25) is 4.79 Å². The van der Waals surface area contributed by atoms with Crippen LogP contribution in [-0.2, 0) is 4.79 Å². The number of carbonyl (C=O) groups excluding carboxylic acids is 1. The third kappa shape index (κ3) is 6.67. The Morgan fingerprint density at radius 3 is 2.57 bits per heavy atom. The van der Waals surface area contributed by atoms with Gasteiger partial charge in [0.05, 0.1) is 5.71 Å². The van der Waals surface area contributed by atoms with E-state index in [-0.39, 0.29) is 22.9 Å². The maximum atomic E-state index is 11.7. The van der Waals surface area contributed by atoms with Crippen LogP contribution in [0.1, 0.15) is 70.1 Å². The van der Waals surface area contributed by atoms with Crippen molar-refractivity contribution in [3.63, 3.8) is 0 Å². The lowest BCUT2D eigenvalue weighted by atomic mass is 10.1. The van der Waals surface area contributed by atoms with E-state index in [2.05, 4.69) is 17.5 Å². The number of hydrogen-bond acceptors (Lipinski definition) is 5. The van der Waals surface area contributed by atoms with Gasteiger partial charge in [0.15, 0.2) is 0 Å². The number of amides is 1. The maximum absolute atomic E-state index is 11.7. The molecule has 0 radical (unpaired) electrons. The van der Waals surface area contributed by atoms with Gasteiger partial charge in [0.1, 0.15) is 17.1 Å². The SMILES string of the molecule is CCCCCCCCC(=O)N/N=C(/C)c1c(O)cc(C)oc1=O. The summed E-state index contributed by atoms with van der Waals surface area (Å²) in [5, 5.41) is 13.7. The van der Waals surface area contributed by atoms with E-state index in [9.17, 15) is 14.7 Å². The normalized spacial score (nSPS) is 11.5. The average molecular weight is 322 g/mol. The van der Waals surface area contributed by atoms with E-state index in [0.29, 0.717) is 12.2 Å². The number of nitrogens with zero attached hydrogens (tertiary/aromatic N) is 1. The first-order valence-electron chi connectivity index (χ1n) is 8.13. The predicted octanol–water partition coefficient (Wildman–Crippen LogP) is 3.24. The number of rotatable bonds is 9. The van der Waals surface area contributed by atoms with Crippen LogP contribution in [0.15, 0.2) is 20.4 Å². The van der Waals surface area contributed by atoms with Crippen molar-refractivity contribution in [2.24, 2.45) is 5.10 Å². The van der Waals surface area contributed by atoms with Gasteiger partial charge in [0.25, 0.3) is 0 Å². The highest BCUT2D eigenvalue weighted by molar-refractivity contribution is 6.01. The zero-order chi connectivity index (χ0) is 17.2. The van der Waals surface area contributed by atoms with E-state index in [1.54, 1.807) is 6.92 Å². The fourth-order valence-electron chi connectivity index (χ4n) is 2.25. The number of unbranched alkanes of at least 4 members (excludes halogenated alkanes) is 5. The van der Waals surface area contributed by atoms with Crippen LogP contribution in [0.3, 0.4) is 0 Å². The van der Waals surface area contributed by atoms with Gasteiger partial charge in [-0.25, -0.2) is 10.2 Å². The molecule has 0 aliphatic carbocycles. The average Bonchev–Trinajstić information content (AvgIpc) is 2.47. The van der Waals surface area contributed by atoms with Crippen molar-refractivity contribution >= 4 is 11.6 Å². The van der Waals surface area contributed by atoms with Gasteiger partial charge in [-0.15, -0.1) is 0 Å². The van der Waals surface area contributed by atoms with Gasteiger partial charge < -0.3 is 9.52 Å². The van der Waals surface area contributed by atoms with E-state index in [1.165, 1.54) is 32.3 Å². The molecule has 0 saturated heterocycles. The maximum Gasteiger partial charge on any atom is 0.348 e. The fourth-order valence-corrected chi connectivity index (χ4v) is 2.25. The molecule has 2 N–H and O–H groups in total. The molecule has 6 heteroatoms. The Bertz CT molecular complexity index is 605. The highest BCUT2D eigenvalue weighted by Gasteiger charge is 2.13. The quantitative estimate of drug-likeness (QED) is 0.415. The van der Waals surface area contributed by atoms with Crippen molar-refractivity contribution < 1.29 is 14.3 Å². The predicted molar refractivity (Wildman–Crippen MR) is 89.7 cm³/mol. The highest BCUT2D eigenvalue weighted by Crippen LogP contribution is 2.15. The first kappa shape index (κ1) is 18.9. The van der Waals surface area contributed by atoms with Gasteiger partial charge in [-0.05, 0) is 20.3 Å². The van der Waals surface area contributed by atoms with E-state index in [0.717, 1.165) is 19.3 Å². The summed E-state index contributed by atoms with van der Waals surface area (Å²) in [6, 6.07) is 1.34. The van der Waals surface area contributed by atoms with E-state index in [1.807, 2.05) is 0 Å². The molecule has 0 atom stereocenters. The molecule has 0 unspecified atom stereocenters. The number of nitrogens with one attached hydrogen (secondary N) is 1. The molecule has 1 heterocycles. The summed E-state index contributed by atoms with van der Waals surface area (Å²) in [5.74, 6) is -0.0860. The van der Waals surface area contributed by atoms with Gasteiger partial charge in [0.2, 0.25) is 5.91 Å². The first-order valence-corrected chi connectivity index (χ1v) is 8.13. The minimum atomic E-state index is -0.672. The smallest absolute Gasteiger partial charge is 0.348 e. The standard InChI is InChI=1S/C17H26N2O4/c1-4-5-6-7-8-9-10-15(21)19-18-13(3)16-14(20)11-12(2)23-17(16)22/h11,20H,4-10H2,1-3H3,(H,19,21)/b18-13-. The Hall–Kier alpha value is -2.11. The monoisotopic (exact) mass is 322 g/mol. The van der Waals surface area contributed by atoms with Crippen molar-refractivity contribution in [2.45, 2.75) is 65.7 Å². The summed E-state index contributed by atoms with van der Waals surface area (Å²) in [4.78, 5) is 23.4. The minimum absolute atomic E-state index is 0.0320. The largest absolute Gasteiger partial charge is 0.507 e. The molecule has 0 bridgehead atoms. The number of carbonyl (C=O) groups is 1. The lowest BCUT2D eigenvalue weighted by molar-refractivity contribution is -0.121. The van der Waals surface area contributed by atoms with Gasteiger partial charge in [-0.2, -0.15) is 5.10 Å². The lowest BCUT2D eigenvalue weighted by Crippen LogP contribution is -2.21. The second-order valence-corrected chi connectivity index (χ2v) is 5.65. The lowest BCUT2D eigenvalue weighted by Gasteiger charge is -2.04. The molecule has 0 aliphatic heterocycles. The Balaban J connectivity index is 2.48. The number of hydrazone groups is 1. The van der Waals surface area contributed by atoms with Crippen LogP contribution >= 0.6 is 0 Å². The molecule has 0 fully saturated rings. The fraction of sp³-hybridized carbons (Fsp3) is 0.588. The molecule has 0 aromatic carbocycles. The van der Waals surface area contributed by atoms with Crippen molar-refractivity contribution in [3.8, 4) is 5.75 Å². The van der Waals surface area contributed by atoms with E-state index in [4.69, 9.17) is 4.42 Å². The van der Waals surface area contributed by atoms with Crippen LogP contribution < -0.4 is 11.1 Å². The Labute approximate surface area is 136 Å². The Kier molecular flexibility index (Phi) is 8.08. The van der Waals surface area contributed by atoms with Crippen molar-refractivity contribution in [3.05, 3.63) is 27.8 Å². The summed E-state index contributed by atoms with van der Waals surface area (Å²) in [6.07, 6.45) is 7.03. The van der Waals surface area contributed by atoms with Gasteiger partial charge in [0, 0.05) is 12.5 Å². The van der Waals surface area contributed by atoms with Crippen LogP contribution in [0, 0.1) is 6.92 Å². The van der Waals surface area contributed by atoms with Crippen LogP contribution in [0.2, 0.25) is 0 Å². The van der Waals surface area contributed by atoms with Gasteiger partial charge in [-0.1, -0.05) is 39.0 Å². The molecule has 1 amide bonds. The van der Waals surface area contributed by atoms with E-state index < -0.39 is 5.63 Å². The second kappa shape index (κ2) is 9.82. The molecule has 0 spiro atoms. The van der Waals surface area contributed by atoms with Crippen LogP contribution in [0.5, 0.6) is 5.75 Å². The second-order valence-electron chi connectivity index (χ2n) is 5.65. The topological polar surface area (TPSA) is 91.9 Å². The Morgan fingerprint density at radius 2 is 1.91 bits per heavy atom. The van der Waals surface area contributed by atoms with Crippen LogP contribution in [0.4, 0.5) is 0 Å². The summed E-state index contributed by atoms with van der Waals surface area (Å²) < 4.78 is 4.92. The van der Waals surface area contributed by atoms with Crippen molar-refractivity contribution in [1.82, 2.24) is 5.43 Å². The minimum Gasteiger partial charge on any atom is -0.507 e. The molecule has 1 aromatic heterocycles. The molecule has 128 valence electrons. The molecule has 0 saturated carbocycles. The van der Waals surface area contributed by atoms with Crippen LogP contribution in [-0.4, -0.2) is 16.7 Å². The Morgan fingerprint density at radius 1 is 1.26 bits per heavy atom. The van der Waals surface area contributed by atoms with Crippen LogP contribution in [0.25, 0.3) is 0 Å². The summed E-state index contributed by atoms with van der Waals surface area (Å²) in [6.45, 7) is 5.27. The molecule has 1 aromatic rings. The molecule has 1 rings (SSSR count). The molecular weight excluding hydrogens is 296 g/mol. The number of hydrogen-bond donors (Lipinski definition) is 2. The van der Waals surface area contributed by atoms with Crippen molar-refractivity contribution in [1.29, 1.82) is 0 Å². The third-order valence-electron chi connectivity index (χ3n) is 3.52. The number of aromatic hydroxyl groups is 1. The van der Waals surface area contributed by atoms with E-state index >= 15 is 0 Å². The zero-order valence-electron chi connectivity index (χ0n) is 14.1. The summed E-state index contributed by atoms with van der Waals surface area (Å²) in [7, 11) is 0. The highest BCUT2D eigenvalue weighted by atomic mass is 16.4. The van der Waals surface area contributed by atoms with Crippen molar-refractivity contribution in [2.75, 3.05) is 0 Å². The molecule has 0 aliphatic rings.